The Balaban J connectivity index is 1.78. The maximum Gasteiger partial charge on any atom is 0.0862 e. The van der Waals surface area contributed by atoms with E-state index in [1.54, 1.807) is 0 Å². The van der Waals surface area contributed by atoms with E-state index in [1.807, 2.05) is 0 Å². The topological polar surface area (TPSA) is 56.0 Å². The molecule has 2 N–H and O–H groups in total. The van der Waals surface area contributed by atoms with Crippen LogP contribution in [0.4, 0.5) is 0 Å². The number of rotatable bonds is 2. The Bertz CT molecular complexity index is 392. The van der Waals surface area contributed by atoms with Gasteiger partial charge < -0.3 is 10.4 Å². The van der Waals surface area contributed by atoms with Crippen LogP contribution in [-0.2, 0) is 0 Å². The van der Waals surface area contributed by atoms with E-state index < -0.39 is 11.0 Å². The first kappa shape index (κ1) is 14.4. The predicted octanol–water partition coefficient (Wildman–Crippen LogP) is 2.99. The molecule has 3 fully saturated rings. The fourth-order valence-electron chi connectivity index (χ4n) is 4.99. The second-order valence-corrected chi connectivity index (χ2v) is 7.85. The van der Waals surface area contributed by atoms with E-state index >= 15 is 0 Å². The first-order valence-corrected chi connectivity index (χ1v) is 8.38. The third kappa shape index (κ3) is 2.18. The average Bonchev–Trinajstić information content (AvgIpc) is 2.78. The molecule has 2 aliphatic heterocycles. The van der Waals surface area contributed by atoms with Crippen LogP contribution < -0.4 is 5.32 Å². The van der Waals surface area contributed by atoms with Crippen LogP contribution in [0.25, 0.3) is 0 Å². The second-order valence-electron chi connectivity index (χ2n) is 7.85. The fraction of sp³-hybridized carbons (Fsp3) is 0.941. The predicted molar refractivity (Wildman–Crippen MR) is 79.0 cm³/mol. The molecule has 2 bridgehead atoms. The molecule has 0 amide bonds. The van der Waals surface area contributed by atoms with Gasteiger partial charge in [0.2, 0.25) is 0 Å². The molecular formula is C17H28N2O. The molecule has 3 rings (SSSR count). The molecule has 0 aromatic rings. The Morgan fingerprint density at radius 3 is 2.10 bits per heavy atom. The van der Waals surface area contributed by atoms with Gasteiger partial charge in [-0.1, -0.05) is 13.8 Å². The van der Waals surface area contributed by atoms with E-state index in [0.29, 0.717) is 18.0 Å². The molecule has 20 heavy (non-hydrogen) atoms. The van der Waals surface area contributed by atoms with Crippen LogP contribution in [-0.4, -0.2) is 22.8 Å². The van der Waals surface area contributed by atoms with Gasteiger partial charge in [-0.05, 0) is 63.2 Å². The van der Waals surface area contributed by atoms with Crippen molar-refractivity contribution in [3.63, 3.8) is 0 Å². The number of aliphatic hydroxyl groups is 1. The van der Waals surface area contributed by atoms with Crippen molar-refractivity contribution in [3.05, 3.63) is 0 Å². The lowest BCUT2D eigenvalue weighted by Crippen LogP contribution is -2.58. The van der Waals surface area contributed by atoms with Crippen molar-refractivity contribution in [3.8, 4) is 6.07 Å². The third-order valence-electron chi connectivity index (χ3n) is 6.43. The van der Waals surface area contributed by atoms with Crippen LogP contribution in [0, 0.1) is 28.6 Å². The van der Waals surface area contributed by atoms with Crippen LogP contribution in [0.5, 0.6) is 0 Å². The summed E-state index contributed by atoms with van der Waals surface area (Å²) in [5.41, 5.74) is -1.23. The monoisotopic (exact) mass is 276 g/mol. The number of nitrogens with one attached hydrogen (secondary N) is 1. The zero-order valence-electron chi connectivity index (χ0n) is 12.9. The molecule has 2 saturated heterocycles. The molecule has 0 aromatic heterocycles. The van der Waals surface area contributed by atoms with Crippen LogP contribution in [0.15, 0.2) is 0 Å². The lowest BCUT2D eigenvalue weighted by Gasteiger charge is -2.50. The lowest BCUT2D eigenvalue weighted by molar-refractivity contribution is -0.109. The van der Waals surface area contributed by atoms with E-state index in [0.717, 1.165) is 44.4 Å². The van der Waals surface area contributed by atoms with E-state index in [9.17, 15) is 10.4 Å². The second kappa shape index (κ2) is 5.00. The summed E-state index contributed by atoms with van der Waals surface area (Å²) >= 11 is 0. The standard InChI is InChI=1S/C17H28N2O/c1-12(2)13-5-7-16(11-18,8-6-13)17(20)9-14-3-4-15(10-17)19-14/h12-15,19-20H,3-10H2,1-2H3. The summed E-state index contributed by atoms with van der Waals surface area (Å²) in [5.74, 6) is 1.43. The first-order chi connectivity index (χ1) is 9.48. The fourth-order valence-corrected chi connectivity index (χ4v) is 4.99. The lowest BCUT2D eigenvalue weighted by atomic mass is 9.57. The van der Waals surface area contributed by atoms with Crippen molar-refractivity contribution in [2.45, 2.75) is 82.9 Å². The Labute approximate surface area is 122 Å². The molecule has 0 radical (unpaired) electrons. The van der Waals surface area contributed by atoms with Gasteiger partial charge >= 0.3 is 0 Å². The van der Waals surface area contributed by atoms with Gasteiger partial charge in [-0.15, -0.1) is 0 Å². The van der Waals surface area contributed by atoms with Gasteiger partial charge in [0.1, 0.15) is 0 Å². The maximum atomic E-state index is 11.3. The quantitative estimate of drug-likeness (QED) is 0.815. The average molecular weight is 276 g/mol. The molecule has 1 aliphatic carbocycles. The summed E-state index contributed by atoms with van der Waals surface area (Å²) in [6.45, 7) is 4.56. The highest BCUT2D eigenvalue weighted by Crippen LogP contribution is 2.53. The minimum atomic E-state index is -0.749. The highest BCUT2D eigenvalue weighted by molar-refractivity contribution is 5.17. The summed E-state index contributed by atoms with van der Waals surface area (Å²) in [4.78, 5) is 0. The number of piperidine rings is 1. The van der Waals surface area contributed by atoms with E-state index in [-0.39, 0.29) is 0 Å². The zero-order chi connectivity index (χ0) is 14.4. The van der Waals surface area contributed by atoms with Gasteiger partial charge in [-0.25, -0.2) is 0 Å². The zero-order valence-corrected chi connectivity index (χ0v) is 12.9. The van der Waals surface area contributed by atoms with Gasteiger partial charge in [0.15, 0.2) is 0 Å². The molecule has 2 heterocycles. The molecule has 3 nitrogen and oxygen atoms in total. The van der Waals surface area contributed by atoms with Crippen LogP contribution in [0.1, 0.15) is 65.2 Å². The molecular weight excluding hydrogens is 248 g/mol. The number of hydrogen-bond donors (Lipinski definition) is 2. The van der Waals surface area contributed by atoms with E-state index in [4.69, 9.17) is 0 Å². The molecule has 0 aromatic carbocycles. The maximum absolute atomic E-state index is 11.3. The van der Waals surface area contributed by atoms with Gasteiger partial charge in [-0.2, -0.15) is 5.26 Å². The van der Waals surface area contributed by atoms with Crippen molar-refractivity contribution in [2.75, 3.05) is 0 Å². The molecule has 1 saturated carbocycles. The van der Waals surface area contributed by atoms with Crippen LogP contribution in [0.2, 0.25) is 0 Å². The van der Waals surface area contributed by atoms with Crippen molar-refractivity contribution in [1.82, 2.24) is 5.32 Å². The van der Waals surface area contributed by atoms with Crippen molar-refractivity contribution >= 4 is 0 Å². The van der Waals surface area contributed by atoms with Crippen LogP contribution in [0.3, 0.4) is 0 Å². The summed E-state index contributed by atoms with van der Waals surface area (Å²) < 4.78 is 0. The van der Waals surface area contributed by atoms with E-state index in [2.05, 4.69) is 25.2 Å². The number of hydrogen-bond acceptors (Lipinski definition) is 3. The summed E-state index contributed by atoms with van der Waals surface area (Å²) in [5, 5.41) is 24.7. The van der Waals surface area contributed by atoms with Gasteiger partial charge in [0, 0.05) is 12.1 Å². The van der Waals surface area contributed by atoms with Crippen molar-refractivity contribution in [2.24, 2.45) is 17.3 Å². The number of nitriles is 1. The number of fused-ring (bicyclic) bond motifs is 2. The SMILES string of the molecule is CC(C)C1CCC(C#N)(C2(O)CC3CCC(C2)N3)CC1. The van der Waals surface area contributed by atoms with Crippen molar-refractivity contribution < 1.29 is 5.11 Å². The Morgan fingerprint density at radius 1 is 1.10 bits per heavy atom. The summed E-state index contributed by atoms with van der Waals surface area (Å²) in [7, 11) is 0. The minimum Gasteiger partial charge on any atom is -0.388 e. The normalized spacial score (nSPS) is 48.2. The molecule has 2 unspecified atom stereocenters. The van der Waals surface area contributed by atoms with Crippen LogP contribution >= 0.6 is 0 Å². The molecule has 0 spiro atoms. The summed E-state index contributed by atoms with van der Waals surface area (Å²) in [6.07, 6.45) is 7.90. The van der Waals surface area contributed by atoms with Gasteiger partial charge in [-0.3, -0.25) is 0 Å². The Kier molecular flexibility index (Phi) is 3.59. The molecule has 2 atom stereocenters. The number of nitrogens with zero attached hydrogens (tertiary/aromatic N) is 1. The molecule has 3 heteroatoms. The Hall–Kier alpha value is -0.590. The first-order valence-electron chi connectivity index (χ1n) is 8.38. The smallest absolute Gasteiger partial charge is 0.0862 e. The summed E-state index contributed by atoms with van der Waals surface area (Å²) in [6, 6.07) is 3.45. The molecule has 3 aliphatic rings. The minimum absolute atomic E-state index is 0.437. The largest absolute Gasteiger partial charge is 0.388 e. The van der Waals surface area contributed by atoms with Gasteiger partial charge in [0.25, 0.3) is 0 Å². The van der Waals surface area contributed by atoms with Gasteiger partial charge in [0.05, 0.1) is 17.1 Å². The highest BCUT2D eigenvalue weighted by Gasteiger charge is 2.56. The Morgan fingerprint density at radius 2 is 1.65 bits per heavy atom. The third-order valence-corrected chi connectivity index (χ3v) is 6.43. The van der Waals surface area contributed by atoms with E-state index in [1.165, 1.54) is 12.8 Å². The molecule has 112 valence electrons. The van der Waals surface area contributed by atoms with Crippen molar-refractivity contribution in [1.29, 1.82) is 5.26 Å². The highest BCUT2D eigenvalue weighted by atomic mass is 16.3.